The molecule has 0 radical (unpaired) electrons. The van der Waals surface area contributed by atoms with E-state index in [9.17, 15) is 30.3 Å². The van der Waals surface area contributed by atoms with E-state index < -0.39 is 49.5 Å². The second-order valence-corrected chi connectivity index (χ2v) is 20.1. The first kappa shape index (κ1) is 61.9. The average molecular weight is 924 g/mol. The number of carbonyl (C=O) groups excluding carboxylic acids is 1. The monoisotopic (exact) mass is 924 g/mol. The van der Waals surface area contributed by atoms with Crippen LogP contribution >= 0.6 is 0 Å². The van der Waals surface area contributed by atoms with E-state index in [1.807, 2.05) is 6.08 Å². The summed E-state index contributed by atoms with van der Waals surface area (Å²) < 4.78 is 11.3. The fourth-order valence-corrected chi connectivity index (χ4v) is 9.34. The lowest BCUT2D eigenvalue weighted by atomic mass is 9.99. The van der Waals surface area contributed by atoms with Gasteiger partial charge in [-0.1, -0.05) is 270 Å². The predicted molar refractivity (Wildman–Crippen MR) is 272 cm³/mol. The molecule has 6 N–H and O–H groups in total. The van der Waals surface area contributed by atoms with Crippen molar-refractivity contribution < 1.29 is 39.8 Å². The number of carbonyl (C=O) groups is 1. The number of aliphatic hydroxyl groups excluding tert-OH is 5. The third-order valence-corrected chi connectivity index (χ3v) is 13.9. The van der Waals surface area contributed by atoms with Crippen molar-refractivity contribution in [3.63, 3.8) is 0 Å². The molecule has 0 bridgehead atoms. The van der Waals surface area contributed by atoms with Crippen molar-refractivity contribution in [2.45, 2.75) is 326 Å². The predicted octanol–water partition coefficient (Wildman–Crippen LogP) is 13.6. The summed E-state index contributed by atoms with van der Waals surface area (Å²) in [5.74, 6) is -0.170. The molecule has 0 aliphatic carbocycles. The minimum Gasteiger partial charge on any atom is -0.394 e. The number of unbranched alkanes of at least 4 members (excludes halogenated alkanes) is 39. The number of rotatable bonds is 49. The Bertz CT molecular complexity index is 1030. The summed E-state index contributed by atoms with van der Waals surface area (Å²) in [6.07, 6.45) is 49.9. The Morgan fingerprint density at radius 1 is 0.508 bits per heavy atom. The molecule has 9 heteroatoms. The van der Waals surface area contributed by atoms with Gasteiger partial charge in [-0.2, -0.15) is 0 Å². The minimum absolute atomic E-state index is 0.170. The third-order valence-electron chi connectivity index (χ3n) is 13.9. The van der Waals surface area contributed by atoms with Crippen LogP contribution < -0.4 is 5.32 Å². The smallest absolute Gasteiger partial charge is 0.220 e. The van der Waals surface area contributed by atoms with E-state index in [0.29, 0.717) is 6.42 Å². The summed E-state index contributed by atoms with van der Waals surface area (Å²) in [4.78, 5) is 13.0. The van der Waals surface area contributed by atoms with E-state index in [1.165, 1.54) is 225 Å². The SMILES string of the molecule is CCCCCCCCCCCCCCCCC/C=C/[C@@H](O)[C@H](CO[C@@H]1O[C@H](CO)[C@H](O)C(O)C1O)NC(=O)CCCCCCCCCCCCCCCCCCCCCCCCCCC. The van der Waals surface area contributed by atoms with Gasteiger partial charge in [0, 0.05) is 6.42 Å². The molecule has 0 saturated carbocycles. The summed E-state index contributed by atoms with van der Waals surface area (Å²) in [6.45, 7) is 3.82. The molecule has 2 unspecified atom stereocenters. The zero-order chi connectivity index (χ0) is 47.3. The highest BCUT2D eigenvalue weighted by atomic mass is 16.7. The Balaban J connectivity index is 2.20. The topological polar surface area (TPSA) is 149 Å². The van der Waals surface area contributed by atoms with Gasteiger partial charge in [-0.3, -0.25) is 4.79 Å². The lowest BCUT2D eigenvalue weighted by molar-refractivity contribution is -0.302. The second-order valence-electron chi connectivity index (χ2n) is 20.1. The fourth-order valence-electron chi connectivity index (χ4n) is 9.34. The van der Waals surface area contributed by atoms with Gasteiger partial charge in [-0.15, -0.1) is 0 Å². The standard InChI is InChI=1S/C56H109NO8/c1-3-5-7-9-11-13-15-17-19-21-22-23-24-25-26-27-28-30-32-34-36-38-40-42-44-46-52(60)57-49(48-64-56-55(63)54(62)53(61)51(47-58)65-56)50(59)45-43-41-39-37-35-33-31-29-20-18-16-14-12-10-8-6-4-2/h43,45,49-51,53-56,58-59,61-63H,3-42,44,46-48H2,1-2H3,(H,57,60)/b45-43+/t49-,50+,51+,53-,54?,55?,56+/m0/s1. The molecular weight excluding hydrogens is 815 g/mol. The lowest BCUT2D eigenvalue weighted by Gasteiger charge is -2.40. The molecule has 7 atom stereocenters. The largest absolute Gasteiger partial charge is 0.394 e. The Morgan fingerprint density at radius 2 is 0.846 bits per heavy atom. The van der Waals surface area contributed by atoms with Crippen molar-refractivity contribution in [2.75, 3.05) is 13.2 Å². The van der Waals surface area contributed by atoms with Gasteiger partial charge in [0.2, 0.25) is 5.91 Å². The van der Waals surface area contributed by atoms with Crippen molar-refractivity contribution >= 4 is 5.91 Å². The van der Waals surface area contributed by atoms with Crippen LogP contribution in [-0.2, 0) is 14.3 Å². The van der Waals surface area contributed by atoms with Crippen LogP contribution in [0, 0.1) is 0 Å². The van der Waals surface area contributed by atoms with E-state index in [2.05, 4.69) is 19.2 Å². The van der Waals surface area contributed by atoms with Crippen molar-refractivity contribution in [3.05, 3.63) is 12.2 Å². The van der Waals surface area contributed by atoms with Crippen molar-refractivity contribution in [1.82, 2.24) is 5.32 Å². The van der Waals surface area contributed by atoms with Crippen LogP contribution in [0.3, 0.4) is 0 Å². The number of amides is 1. The second kappa shape index (κ2) is 46.6. The summed E-state index contributed by atoms with van der Waals surface area (Å²) in [5.41, 5.74) is 0. The molecule has 0 aromatic rings. The highest BCUT2D eigenvalue weighted by molar-refractivity contribution is 5.76. The Kier molecular flexibility index (Phi) is 44.5. The fraction of sp³-hybridized carbons (Fsp3) is 0.946. The van der Waals surface area contributed by atoms with Crippen LogP contribution in [0.5, 0.6) is 0 Å². The number of allylic oxidation sites excluding steroid dienone is 1. The highest BCUT2D eigenvalue weighted by Gasteiger charge is 2.44. The van der Waals surface area contributed by atoms with Crippen LogP contribution in [-0.4, -0.2) is 87.5 Å². The first-order valence-corrected chi connectivity index (χ1v) is 28.4. The molecule has 1 aliphatic rings. The zero-order valence-electron chi connectivity index (χ0n) is 42.8. The molecule has 1 saturated heterocycles. The molecule has 1 rings (SSSR count). The van der Waals surface area contributed by atoms with Crippen molar-refractivity contribution in [3.8, 4) is 0 Å². The van der Waals surface area contributed by atoms with E-state index in [1.54, 1.807) is 6.08 Å². The molecule has 1 aliphatic heterocycles. The molecule has 1 fully saturated rings. The van der Waals surface area contributed by atoms with Gasteiger partial charge in [0.05, 0.1) is 25.4 Å². The molecule has 9 nitrogen and oxygen atoms in total. The molecule has 65 heavy (non-hydrogen) atoms. The molecule has 0 aromatic heterocycles. The summed E-state index contributed by atoms with van der Waals surface area (Å²) in [7, 11) is 0. The molecule has 1 amide bonds. The normalized spacial score (nSPS) is 19.9. The van der Waals surface area contributed by atoms with Gasteiger partial charge in [0.15, 0.2) is 6.29 Å². The van der Waals surface area contributed by atoms with E-state index >= 15 is 0 Å². The Labute approximate surface area is 401 Å². The van der Waals surface area contributed by atoms with Crippen LogP contribution in [0.25, 0.3) is 0 Å². The van der Waals surface area contributed by atoms with Crippen molar-refractivity contribution in [1.29, 1.82) is 0 Å². The van der Waals surface area contributed by atoms with Gasteiger partial charge in [-0.05, 0) is 19.3 Å². The van der Waals surface area contributed by atoms with Gasteiger partial charge in [0.1, 0.15) is 24.4 Å². The molecular formula is C56H109NO8. The maximum atomic E-state index is 13.0. The number of hydrogen-bond acceptors (Lipinski definition) is 8. The quantitative estimate of drug-likeness (QED) is 0.0261. The number of ether oxygens (including phenoxy) is 2. The average Bonchev–Trinajstić information content (AvgIpc) is 3.31. The number of hydrogen-bond donors (Lipinski definition) is 6. The Morgan fingerprint density at radius 3 is 1.20 bits per heavy atom. The molecule has 1 heterocycles. The van der Waals surface area contributed by atoms with Gasteiger partial charge in [0.25, 0.3) is 0 Å². The van der Waals surface area contributed by atoms with Crippen LogP contribution in [0.2, 0.25) is 0 Å². The molecule has 0 spiro atoms. The number of aliphatic hydroxyl groups is 5. The van der Waals surface area contributed by atoms with E-state index in [-0.39, 0.29) is 12.5 Å². The maximum Gasteiger partial charge on any atom is 0.220 e. The third kappa shape index (κ3) is 36.6. The summed E-state index contributed by atoms with van der Waals surface area (Å²) in [6, 6.07) is -0.800. The maximum absolute atomic E-state index is 13.0. The van der Waals surface area contributed by atoms with Gasteiger partial charge < -0.3 is 40.3 Å². The van der Waals surface area contributed by atoms with Crippen molar-refractivity contribution in [2.24, 2.45) is 0 Å². The van der Waals surface area contributed by atoms with Crippen LogP contribution in [0.4, 0.5) is 0 Å². The van der Waals surface area contributed by atoms with E-state index in [0.717, 1.165) is 38.5 Å². The number of nitrogens with one attached hydrogen (secondary N) is 1. The zero-order valence-corrected chi connectivity index (χ0v) is 42.8. The van der Waals surface area contributed by atoms with Crippen LogP contribution in [0.1, 0.15) is 284 Å². The summed E-state index contributed by atoms with van der Waals surface area (Å²) in [5, 5.41) is 54.5. The summed E-state index contributed by atoms with van der Waals surface area (Å²) >= 11 is 0. The Hall–Kier alpha value is -1.07. The highest BCUT2D eigenvalue weighted by Crippen LogP contribution is 2.23. The lowest BCUT2D eigenvalue weighted by Crippen LogP contribution is -2.60. The first-order valence-electron chi connectivity index (χ1n) is 28.4. The molecule has 386 valence electrons. The van der Waals surface area contributed by atoms with Gasteiger partial charge >= 0.3 is 0 Å². The first-order chi connectivity index (χ1) is 31.8. The minimum atomic E-state index is -1.56. The van der Waals surface area contributed by atoms with E-state index in [4.69, 9.17) is 9.47 Å². The van der Waals surface area contributed by atoms with Gasteiger partial charge in [-0.25, -0.2) is 0 Å². The van der Waals surface area contributed by atoms with Crippen LogP contribution in [0.15, 0.2) is 12.2 Å². The molecule has 0 aromatic carbocycles.